The van der Waals surface area contributed by atoms with Gasteiger partial charge in [-0.15, -0.1) is 45.3 Å². The summed E-state index contributed by atoms with van der Waals surface area (Å²) >= 11 is 7.34. The highest BCUT2D eigenvalue weighted by atomic mass is 32.1. The number of unbranched alkanes of at least 4 members (excludes halogenated alkanes) is 6. The third-order valence-corrected chi connectivity index (χ3v) is 17.7. The van der Waals surface area contributed by atoms with Crippen molar-refractivity contribution < 1.29 is 9.90 Å². The number of hydrogen-bond acceptors (Lipinski definition) is 8. The average molecular weight is 968 g/mol. The number of nitriles is 1. The largest absolute Gasteiger partial charge is 0.477 e. The Hall–Kier alpha value is -4.85. The van der Waals surface area contributed by atoms with Gasteiger partial charge in [0, 0.05) is 51.1 Å². The molecule has 5 heterocycles. The van der Waals surface area contributed by atoms with Crippen LogP contribution in [0.3, 0.4) is 0 Å². The van der Waals surface area contributed by atoms with Gasteiger partial charge in [0.2, 0.25) is 0 Å². The molecule has 67 heavy (non-hydrogen) atoms. The first-order chi connectivity index (χ1) is 32.4. The Kier molecular flexibility index (Phi) is 19.2. The molecule has 1 aliphatic rings. The van der Waals surface area contributed by atoms with E-state index in [2.05, 4.69) is 139 Å². The topological polar surface area (TPSA) is 76.7 Å². The number of carboxylic acids is 1. The Morgan fingerprint density at radius 2 is 1.49 bits per heavy atom. The van der Waals surface area contributed by atoms with Crippen LogP contribution in [0.1, 0.15) is 155 Å². The van der Waals surface area contributed by atoms with Gasteiger partial charge in [0.05, 0.1) is 12.2 Å². The molecule has 6 rings (SSSR count). The maximum atomic E-state index is 11.8. The zero-order chi connectivity index (χ0) is 48.0. The minimum atomic E-state index is -1.20. The summed E-state index contributed by atoms with van der Waals surface area (Å²) in [6.45, 7) is 20.5. The van der Waals surface area contributed by atoms with Crippen molar-refractivity contribution in [3.8, 4) is 35.3 Å². The van der Waals surface area contributed by atoms with Crippen molar-refractivity contribution in [1.82, 2.24) is 0 Å². The first kappa shape index (κ1) is 51.5. The lowest BCUT2D eigenvalue weighted by atomic mass is 9.97. The van der Waals surface area contributed by atoms with Crippen molar-refractivity contribution >= 4 is 74.5 Å². The molecule has 0 amide bonds. The molecule has 0 radical (unpaired) electrons. The summed E-state index contributed by atoms with van der Waals surface area (Å²) in [5, 5.41) is 19.1. The fourth-order valence-corrected chi connectivity index (χ4v) is 14.0. The van der Waals surface area contributed by atoms with Crippen LogP contribution in [-0.4, -0.2) is 23.5 Å². The molecule has 5 aromatic rings. The predicted octanol–water partition coefficient (Wildman–Crippen LogP) is 18.3. The van der Waals surface area contributed by atoms with Gasteiger partial charge < -0.3 is 10.0 Å². The Morgan fingerprint density at radius 3 is 2.13 bits per heavy atom. The summed E-state index contributed by atoms with van der Waals surface area (Å²) in [4.78, 5) is 29.2. The first-order valence-corrected chi connectivity index (χ1v) is 27.6. The smallest absolute Gasteiger partial charge is 0.346 e. The minimum absolute atomic E-state index is 0.241. The number of benzene rings is 1. The molecule has 5 nitrogen and oxygen atoms in total. The number of aliphatic imine (C=N–C) groups is 1. The molecule has 0 aliphatic carbocycles. The van der Waals surface area contributed by atoms with E-state index in [1.54, 1.807) is 11.3 Å². The van der Waals surface area contributed by atoms with Gasteiger partial charge in [-0.3, -0.25) is 0 Å². The second-order valence-electron chi connectivity index (χ2n) is 17.9. The van der Waals surface area contributed by atoms with Crippen molar-refractivity contribution in [3.63, 3.8) is 0 Å². The Bertz CT molecular complexity index is 2710. The molecule has 0 bridgehead atoms. The van der Waals surface area contributed by atoms with Crippen LogP contribution >= 0.6 is 45.3 Å². The van der Waals surface area contributed by atoms with Crippen molar-refractivity contribution in [2.75, 3.05) is 11.4 Å². The molecule has 1 unspecified atom stereocenters. The lowest BCUT2D eigenvalue weighted by Crippen LogP contribution is -2.26. The summed E-state index contributed by atoms with van der Waals surface area (Å²) in [6, 6.07) is 18.1. The maximum absolute atomic E-state index is 11.8. The second-order valence-corrected chi connectivity index (χ2v) is 22.1. The van der Waals surface area contributed by atoms with E-state index >= 15 is 0 Å². The van der Waals surface area contributed by atoms with Gasteiger partial charge in [-0.05, 0) is 160 Å². The molecular formula is C58H69N3O2S4. The van der Waals surface area contributed by atoms with E-state index in [0.717, 1.165) is 48.6 Å². The molecule has 9 heteroatoms. The maximum Gasteiger partial charge on any atom is 0.346 e. The molecule has 352 valence electrons. The van der Waals surface area contributed by atoms with Gasteiger partial charge in [-0.25, -0.2) is 9.79 Å². The number of aryl methyl sites for hydroxylation is 5. The summed E-state index contributed by atoms with van der Waals surface area (Å²) in [5.74, 6) is 0.174. The number of carbonyl (C=O) groups is 1. The number of nitrogens with zero attached hydrogens (tertiary/aromatic N) is 3. The normalized spacial score (nSPS) is 14.6. The predicted molar refractivity (Wildman–Crippen MR) is 296 cm³/mol. The molecule has 1 N–H and O–H groups in total. The summed E-state index contributed by atoms with van der Waals surface area (Å²) in [5.41, 5.74) is 11.2. The van der Waals surface area contributed by atoms with Crippen molar-refractivity contribution in [2.24, 2.45) is 4.99 Å². The number of allylic oxidation sites excluding steroid dienone is 6. The van der Waals surface area contributed by atoms with Crippen LogP contribution in [0.5, 0.6) is 0 Å². The van der Waals surface area contributed by atoms with E-state index in [-0.39, 0.29) is 5.57 Å². The molecule has 4 aromatic heterocycles. The van der Waals surface area contributed by atoms with Gasteiger partial charge in [0.1, 0.15) is 17.5 Å². The molecule has 1 aliphatic heterocycles. The molecular weight excluding hydrogens is 899 g/mol. The van der Waals surface area contributed by atoms with E-state index < -0.39 is 5.97 Å². The van der Waals surface area contributed by atoms with Gasteiger partial charge >= 0.3 is 5.97 Å². The third kappa shape index (κ3) is 13.2. The molecule has 1 atom stereocenters. The Labute approximate surface area is 417 Å². The lowest BCUT2D eigenvalue weighted by molar-refractivity contribution is -0.132. The van der Waals surface area contributed by atoms with Crippen LogP contribution in [-0.2, 0) is 17.6 Å². The average Bonchev–Trinajstić information content (AvgIpc) is 4.16. The highest BCUT2D eigenvalue weighted by molar-refractivity contribution is 7.29. The standard InChI is InChI=1S/C58H69N3O2S4/c1-10-15-18-20-23-43-34-52(67-55(43)42(14-5)25-22-27-53-60-46(26-17-12-3)37-61(53)47-29-38(6)28-39(7)30-47)56-44(24-21-19-16-11-2)33-51(66-56)50-31-41(9)54(65-50)57-49(40(8)13-4)35-48(64-57)32-45(36-59)58(62)63/h12,14,17,22,25-26,28-35,40H,10-11,13,15-16,18-21,23-24,27,37H2,1-9H3,(H,62,63)/b17-12-,25-22-,42-14+,45-32+,46-26+. The highest BCUT2D eigenvalue weighted by Gasteiger charge is 2.24. The van der Waals surface area contributed by atoms with E-state index in [9.17, 15) is 15.2 Å². The number of anilines is 1. The minimum Gasteiger partial charge on any atom is -0.477 e. The fraction of sp³-hybridized carbons (Fsp3) is 0.397. The molecule has 0 saturated carbocycles. The van der Waals surface area contributed by atoms with E-state index in [0.29, 0.717) is 5.92 Å². The first-order valence-electron chi connectivity index (χ1n) is 24.4. The van der Waals surface area contributed by atoms with Crippen molar-refractivity contribution in [1.29, 1.82) is 5.26 Å². The Balaban J connectivity index is 1.37. The van der Waals surface area contributed by atoms with Crippen LogP contribution < -0.4 is 4.90 Å². The van der Waals surface area contributed by atoms with Gasteiger partial charge in [-0.2, -0.15) is 5.26 Å². The number of thiophene rings is 4. The number of amidine groups is 1. The number of hydrogen-bond donors (Lipinski definition) is 1. The van der Waals surface area contributed by atoms with Gasteiger partial charge in [0.15, 0.2) is 0 Å². The fourth-order valence-electron chi connectivity index (χ4n) is 8.68. The summed E-state index contributed by atoms with van der Waals surface area (Å²) in [6.07, 6.45) is 28.4. The lowest BCUT2D eigenvalue weighted by Gasteiger charge is -2.21. The van der Waals surface area contributed by atoms with Crippen LogP contribution in [0.25, 0.3) is 40.9 Å². The zero-order valence-electron chi connectivity index (χ0n) is 41.2. The monoisotopic (exact) mass is 967 g/mol. The molecule has 0 fully saturated rings. The molecule has 0 saturated heterocycles. The zero-order valence-corrected chi connectivity index (χ0v) is 44.4. The van der Waals surface area contributed by atoms with Crippen molar-refractivity contribution in [3.05, 3.63) is 133 Å². The van der Waals surface area contributed by atoms with Crippen LogP contribution in [0, 0.1) is 32.1 Å². The number of carboxylic acid groups (broad SMARTS) is 1. The quantitative estimate of drug-likeness (QED) is 0.0306. The van der Waals surface area contributed by atoms with E-state index in [1.807, 2.05) is 47.0 Å². The summed E-state index contributed by atoms with van der Waals surface area (Å²) < 4.78 is 0. The second kappa shape index (κ2) is 25.0. The summed E-state index contributed by atoms with van der Waals surface area (Å²) in [7, 11) is 0. The number of rotatable bonds is 23. The van der Waals surface area contributed by atoms with E-state index in [1.165, 1.54) is 136 Å². The van der Waals surface area contributed by atoms with Crippen LogP contribution in [0.2, 0.25) is 0 Å². The third-order valence-electron chi connectivity index (χ3n) is 12.4. The SMILES string of the molecule is C/C=C\C=C1/CN(c2cc(C)cc(C)c2)C(C/C=C\C(=C/C)c2sc(-c3sc(-c4cc(C)c(-c5sc(/C=C(\C#N)C(=O)O)cc5C(C)CC)s4)cc3CCCCCC)cc2CCCCCC)=N1. The molecule has 0 spiro atoms. The molecule has 1 aromatic carbocycles. The van der Waals surface area contributed by atoms with Crippen LogP contribution in [0.15, 0.2) is 95.2 Å². The van der Waals surface area contributed by atoms with E-state index in [4.69, 9.17) is 4.99 Å². The Morgan fingerprint density at radius 1 is 0.821 bits per heavy atom. The van der Waals surface area contributed by atoms with Gasteiger partial charge in [-0.1, -0.05) is 103 Å². The number of aliphatic carboxylic acids is 1. The van der Waals surface area contributed by atoms with Crippen molar-refractivity contribution in [2.45, 2.75) is 145 Å². The van der Waals surface area contributed by atoms with Crippen LogP contribution in [0.4, 0.5) is 5.69 Å². The van der Waals surface area contributed by atoms with Gasteiger partial charge in [0.25, 0.3) is 0 Å². The highest BCUT2D eigenvalue weighted by Crippen LogP contribution is 2.50.